The Labute approximate surface area is 181 Å². The number of para-hydroxylation sites is 1. The molecule has 0 unspecified atom stereocenters. The van der Waals surface area contributed by atoms with Crippen molar-refractivity contribution in [3.05, 3.63) is 64.4 Å². The summed E-state index contributed by atoms with van der Waals surface area (Å²) in [6.07, 6.45) is 3.22. The van der Waals surface area contributed by atoms with E-state index in [9.17, 15) is 4.79 Å². The molecule has 30 heavy (non-hydrogen) atoms. The van der Waals surface area contributed by atoms with E-state index in [4.69, 9.17) is 27.9 Å². The van der Waals surface area contributed by atoms with Gasteiger partial charge in [-0.2, -0.15) is 10.1 Å². The Morgan fingerprint density at radius 2 is 1.93 bits per heavy atom. The zero-order chi connectivity index (χ0) is 20.8. The van der Waals surface area contributed by atoms with Crippen LogP contribution in [0.5, 0.6) is 5.88 Å². The van der Waals surface area contributed by atoms with E-state index in [1.54, 1.807) is 29.1 Å². The third-order valence-corrected chi connectivity index (χ3v) is 5.38. The highest BCUT2D eigenvalue weighted by Crippen LogP contribution is 2.37. The van der Waals surface area contributed by atoms with E-state index >= 15 is 0 Å². The second-order valence-corrected chi connectivity index (χ2v) is 7.47. The van der Waals surface area contributed by atoms with Crippen molar-refractivity contribution < 1.29 is 9.53 Å². The van der Waals surface area contributed by atoms with Crippen LogP contribution in [0.1, 0.15) is 10.4 Å². The number of amides is 1. The van der Waals surface area contributed by atoms with Gasteiger partial charge in [-0.1, -0.05) is 29.3 Å². The maximum atomic E-state index is 13.0. The van der Waals surface area contributed by atoms with E-state index in [2.05, 4.69) is 20.4 Å². The molecule has 0 saturated heterocycles. The molecule has 0 aliphatic carbocycles. The standard InChI is InChI=1S/C20H14Cl2N6O2/c1-27-16-7-12(6-5-11(16)8-24-27)25-20-23-9-13-18(26-20)30-10-28(19(13)29)17-14(21)3-2-4-15(17)22/h2-9H,10H2,1H3,(H,23,25,26). The number of hydrogen-bond acceptors (Lipinski definition) is 6. The quantitative estimate of drug-likeness (QED) is 0.507. The lowest BCUT2D eigenvalue weighted by atomic mass is 10.2. The van der Waals surface area contributed by atoms with Crippen LogP contribution in [0.2, 0.25) is 10.0 Å². The van der Waals surface area contributed by atoms with Gasteiger partial charge >= 0.3 is 0 Å². The fourth-order valence-corrected chi connectivity index (χ4v) is 3.88. The van der Waals surface area contributed by atoms with Gasteiger partial charge in [-0.15, -0.1) is 0 Å². The van der Waals surface area contributed by atoms with Crippen molar-refractivity contribution in [3.63, 3.8) is 0 Å². The van der Waals surface area contributed by atoms with Gasteiger partial charge in [0.25, 0.3) is 5.91 Å². The average Bonchev–Trinajstić information content (AvgIpc) is 3.10. The number of carbonyl (C=O) groups is 1. The van der Waals surface area contributed by atoms with Crippen molar-refractivity contribution in [1.29, 1.82) is 0 Å². The summed E-state index contributed by atoms with van der Waals surface area (Å²) < 4.78 is 7.49. The van der Waals surface area contributed by atoms with E-state index in [1.165, 1.54) is 11.1 Å². The topological polar surface area (TPSA) is 85.2 Å². The van der Waals surface area contributed by atoms with Crippen LogP contribution in [0.25, 0.3) is 10.9 Å². The molecule has 10 heteroatoms. The average molecular weight is 441 g/mol. The molecule has 4 aromatic rings. The molecule has 2 aromatic carbocycles. The summed E-state index contributed by atoms with van der Waals surface area (Å²) in [6.45, 7) is -0.0628. The fourth-order valence-electron chi connectivity index (χ4n) is 3.28. The molecule has 0 bridgehead atoms. The molecular formula is C20H14Cl2N6O2. The number of carbonyl (C=O) groups excluding carboxylic acids is 1. The summed E-state index contributed by atoms with van der Waals surface area (Å²) in [5.41, 5.74) is 2.38. The molecule has 0 fully saturated rings. The summed E-state index contributed by atoms with van der Waals surface area (Å²) in [7, 11) is 1.87. The SMILES string of the molecule is Cn1ncc2ccc(Nc3ncc4c(n3)OCN(c3c(Cl)cccc3Cl)C4=O)cc21. The molecule has 1 aliphatic rings. The van der Waals surface area contributed by atoms with Crippen molar-refractivity contribution in [3.8, 4) is 5.88 Å². The summed E-state index contributed by atoms with van der Waals surface area (Å²) in [6, 6.07) is 10.8. The lowest BCUT2D eigenvalue weighted by molar-refractivity contribution is 0.0932. The smallest absolute Gasteiger partial charge is 0.268 e. The number of rotatable bonds is 3. The number of ether oxygens (including phenoxy) is 1. The van der Waals surface area contributed by atoms with Gasteiger partial charge in [0.2, 0.25) is 11.8 Å². The summed E-state index contributed by atoms with van der Waals surface area (Å²) in [5.74, 6) is 0.167. The number of nitrogens with one attached hydrogen (secondary N) is 1. The third-order valence-electron chi connectivity index (χ3n) is 4.77. The highest BCUT2D eigenvalue weighted by Gasteiger charge is 2.31. The van der Waals surface area contributed by atoms with Crippen molar-refractivity contribution in [1.82, 2.24) is 19.7 Å². The van der Waals surface area contributed by atoms with Crippen molar-refractivity contribution in [2.24, 2.45) is 7.05 Å². The normalized spacial score (nSPS) is 13.3. The Balaban J connectivity index is 1.43. The molecule has 5 rings (SSSR count). The van der Waals surface area contributed by atoms with Gasteiger partial charge < -0.3 is 10.1 Å². The van der Waals surface area contributed by atoms with Gasteiger partial charge in [0.15, 0.2) is 6.73 Å². The lowest BCUT2D eigenvalue weighted by Crippen LogP contribution is -2.39. The Kier molecular flexibility index (Phi) is 4.45. The number of aromatic nitrogens is 4. The first-order chi connectivity index (χ1) is 14.5. The molecule has 0 radical (unpaired) electrons. The number of anilines is 3. The molecule has 1 N–H and O–H groups in total. The minimum absolute atomic E-state index is 0.0628. The zero-order valence-corrected chi connectivity index (χ0v) is 17.1. The van der Waals surface area contributed by atoms with Crippen LogP contribution < -0.4 is 15.0 Å². The molecule has 8 nitrogen and oxygen atoms in total. The molecule has 2 aromatic heterocycles. The van der Waals surface area contributed by atoms with Crippen LogP contribution in [0.3, 0.4) is 0 Å². The Morgan fingerprint density at radius 3 is 2.73 bits per heavy atom. The number of benzene rings is 2. The monoisotopic (exact) mass is 440 g/mol. The van der Waals surface area contributed by atoms with Crippen LogP contribution in [0.4, 0.5) is 17.3 Å². The maximum Gasteiger partial charge on any atom is 0.268 e. The number of fused-ring (bicyclic) bond motifs is 2. The van der Waals surface area contributed by atoms with Crippen LogP contribution in [0, 0.1) is 0 Å². The minimum Gasteiger partial charge on any atom is -0.455 e. The van der Waals surface area contributed by atoms with Gasteiger partial charge in [-0.25, -0.2) is 4.98 Å². The Morgan fingerprint density at radius 1 is 1.13 bits per heavy atom. The first-order valence-corrected chi connectivity index (χ1v) is 9.71. The van der Waals surface area contributed by atoms with E-state index < -0.39 is 0 Å². The van der Waals surface area contributed by atoms with Gasteiger partial charge in [0, 0.05) is 24.3 Å². The Bertz CT molecular complexity index is 1290. The molecule has 3 heterocycles. The molecule has 1 amide bonds. The predicted octanol–water partition coefficient (Wildman–Crippen LogP) is 4.41. The van der Waals surface area contributed by atoms with Crippen LogP contribution in [-0.4, -0.2) is 32.4 Å². The maximum absolute atomic E-state index is 13.0. The molecule has 0 atom stereocenters. The summed E-state index contributed by atoms with van der Waals surface area (Å²) in [4.78, 5) is 22.9. The second-order valence-electron chi connectivity index (χ2n) is 6.66. The highest BCUT2D eigenvalue weighted by atomic mass is 35.5. The van der Waals surface area contributed by atoms with Crippen LogP contribution in [-0.2, 0) is 7.05 Å². The first kappa shape index (κ1) is 18.7. The van der Waals surface area contributed by atoms with Crippen LogP contribution in [0.15, 0.2) is 48.8 Å². The largest absolute Gasteiger partial charge is 0.455 e. The number of halogens is 2. The molecular weight excluding hydrogens is 427 g/mol. The molecule has 0 spiro atoms. The van der Waals surface area contributed by atoms with E-state index in [-0.39, 0.29) is 24.1 Å². The van der Waals surface area contributed by atoms with Gasteiger partial charge in [0.05, 0.1) is 27.4 Å². The van der Waals surface area contributed by atoms with Crippen molar-refractivity contribution >= 4 is 57.3 Å². The van der Waals surface area contributed by atoms with Crippen molar-refractivity contribution in [2.45, 2.75) is 0 Å². The molecule has 0 saturated carbocycles. The van der Waals surface area contributed by atoms with E-state index in [0.29, 0.717) is 21.7 Å². The van der Waals surface area contributed by atoms with Crippen molar-refractivity contribution in [2.75, 3.05) is 16.9 Å². The van der Waals surface area contributed by atoms with E-state index in [0.717, 1.165) is 16.6 Å². The third kappa shape index (κ3) is 3.10. The summed E-state index contributed by atoms with van der Waals surface area (Å²) in [5, 5.41) is 9.10. The predicted molar refractivity (Wildman–Crippen MR) is 115 cm³/mol. The highest BCUT2D eigenvalue weighted by molar-refractivity contribution is 6.40. The number of aryl methyl sites for hydroxylation is 1. The summed E-state index contributed by atoms with van der Waals surface area (Å²) >= 11 is 12.5. The molecule has 150 valence electrons. The number of nitrogens with zero attached hydrogens (tertiary/aromatic N) is 5. The number of hydrogen-bond donors (Lipinski definition) is 1. The zero-order valence-electron chi connectivity index (χ0n) is 15.6. The fraction of sp³-hybridized carbons (Fsp3) is 0.100. The second kappa shape index (κ2) is 7.16. The van der Waals surface area contributed by atoms with Crippen LogP contribution >= 0.6 is 23.2 Å². The Hall–Kier alpha value is -3.36. The first-order valence-electron chi connectivity index (χ1n) is 8.96. The van der Waals surface area contributed by atoms with Gasteiger partial charge in [-0.3, -0.25) is 14.4 Å². The van der Waals surface area contributed by atoms with Gasteiger partial charge in [-0.05, 0) is 30.3 Å². The lowest BCUT2D eigenvalue weighted by Gasteiger charge is -2.29. The van der Waals surface area contributed by atoms with E-state index in [1.807, 2.05) is 25.2 Å². The molecule has 1 aliphatic heterocycles. The minimum atomic E-state index is -0.339. The van der Waals surface area contributed by atoms with Gasteiger partial charge in [0.1, 0.15) is 5.56 Å².